The van der Waals surface area contributed by atoms with Gasteiger partial charge in [0, 0.05) is 12.5 Å². The molecule has 2 aromatic carbocycles. The highest BCUT2D eigenvalue weighted by atomic mass is 16.5. The van der Waals surface area contributed by atoms with E-state index in [1.807, 2.05) is 36.4 Å². The number of carbonyl (C=O) groups excluding carboxylic acids is 2. The van der Waals surface area contributed by atoms with Crippen molar-refractivity contribution in [2.24, 2.45) is 5.92 Å². The lowest BCUT2D eigenvalue weighted by atomic mass is 9.92. The molecule has 4 heteroatoms. The predicted octanol–water partition coefficient (Wildman–Crippen LogP) is 6.72. The summed E-state index contributed by atoms with van der Waals surface area (Å²) in [4.78, 5) is 23.5. The highest BCUT2D eigenvalue weighted by Gasteiger charge is 2.10. The van der Waals surface area contributed by atoms with Crippen molar-refractivity contribution in [2.45, 2.75) is 65.2 Å². The van der Waals surface area contributed by atoms with Crippen molar-refractivity contribution in [1.29, 1.82) is 0 Å². The van der Waals surface area contributed by atoms with Gasteiger partial charge in [-0.05, 0) is 54.2 Å². The molecule has 32 heavy (non-hydrogen) atoms. The van der Waals surface area contributed by atoms with Gasteiger partial charge in [-0.25, -0.2) is 9.59 Å². The molecule has 2 rings (SSSR count). The van der Waals surface area contributed by atoms with E-state index in [-0.39, 0.29) is 12.6 Å². The van der Waals surface area contributed by atoms with E-state index in [0.717, 1.165) is 24.0 Å². The van der Waals surface area contributed by atoms with Crippen molar-refractivity contribution < 1.29 is 19.1 Å². The van der Waals surface area contributed by atoms with Crippen molar-refractivity contribution in [3.8, 4) is 5.75 Å². The molecule has 0 N–H and O–H groups in total. The molecule has 0 aromatic heterocycles. The van der Waals surface area contributed by atoms with E-state index in [4.69, 9.17) is 9.47 Å². The zero-order chi connectivity index (χ0) is 23.2. The molecule has 0 radical (unpaired) electrons. The minimum Gasteiger partial charge on any atom is -0.462 e. The van der Waals surface area contributed by atoms with Gasteiger partial charge in [-0.3, -0.25) is 0 Å². The molecule has 0 heterocycles. The van der Waals surface area contributed by atoms with Crippen molar-refractivity contribution in [3.05, 3.63) is 77.9 Å². The average molecular weight is 437 g/mol. The molecule has 0 unspecified atom stereocenters. The molecule has 0 saturated carbocycles. The maximum atomic E-state index is 12.4. The molecule has 0 atom stereocenters. The Bertz CT molecular complexity index is 831. The first-order valence-corrected chi connectivity index (χ1v) is 11.7. The molecule has 0 saturated heterocycles. The Morgan fingerprint density at radius 3 is 2.06 bits per heavy atom. The Morgan fingerprint density at radius 1 is 0.875 bits per heavy atom. The predicted molar refractivity (Wildman–Crippen MR) is 129 cm³/mol. The third-order valence-electron chi connectivity index (χ3n) is 5.60. The minimum atomic E-state index is -0.432. The summed E-state index contributed by atoms with van der Waals surface area (Å²) >= 11 is 0. The molecule has 0 bridgehead atoms. The number of esters is 2. The Balaban J connectivity index is 1.79. The van der Waals surface area contributed by atoms with Crippen LogP contribution in [0.3, 0.4) is 0 Å². The minimum absolute atomic E-state index is 0.286. The summed E-state index contributed by atoms with van der Waals surface area (Å²) in [7, 11) is 0. The monoisotopic (exact) mass is 436 g/mol. The fourth-order valence-electron chi connectivity index (χ4n) is 3.87. The van der Waals surface area contributed by atoms with E-state index < -0.39 is 5.97 Å². The van der Waals surface area contributed by atoms with Crippen LogP contribution in [0, 0.1) is 5.92 Å². The summed E-state index contributed by atoms with van der Waals surface area (Å²) < 4.78 is 10.5. The molecule has 2 aromatic rings. The van der Waals surface area contributed by atoms with E-state index in [0.29, 0.717) is 17.7 Å². The third-order valence-corrected chi connectivity index (χ3v) is 5.60. The lowest BCUT2D eigenvalue weighted by Crippen LogP contribution is -2.09. The second-order valence-electron chi connectivity index (χ2n) is 8.19. The van der Waals surface area contributed by atoms with Crippen molar-refractivity contribution in [3.63, 3.8) is 0 Å². The molecule has 0 aliphatic rings. The first-order valence-electron chi connectivity index (χ1n) is 11.7. The summed E-state index contributed by atoms with van der Waals surface area (Å²) in [5.74, 6) is 0.533. The Hall–Kier alpha value is -2.88. The van der Waals surface area contributed by atoms with Crippen LogP contribution in [0.1, 0.15) is 73.9 Å². The lowest BCUT2D eigenvalue weighted by molar-refractivity contribution is -0.137. The number of ether oxygens (including phenoxy) is 2. The smallest absolute Gasteiger partial charge is 0.343 e. The van der Waals surface area contributed by atoms with Gasteiger partial charge in [0.1, 0.15) is 5.75 Å². The Labute approximate surface area is 192 Å². The largest absolute Gasteiger partial charge is 0.462 e. The highest BCUT2D eigenvalue weighted by molar-refractivity contribution is 5.91. The first kappa shape index (κ1) is 25.4. The summed E-state index contributed by atoms with van der Waals surface area (Å²) in [6.45, 7) is 8.17. The zero-order valence-corrected chi connectivity index (χ0v) is 19.5. The van der Waals surface area contributed by atoms with Crippen molar-refractivity contribution >= 4 is 11.9 Å². The third kappa shape index (κ3) is 9.09. The van der Waals surface area contributed by atoms with Gasteiger partial charge in [0.15, 0.2) is 0 Å². The Morgan fingerprint density at radius 2 is 1.47 bits per heavy atom. The molecule has 0 amide bonds. The van der Waals surface area contributed by atoms with Crippen LogP contribution >= 0.6 is 0 Å². The quantitative estimate of drug-likeness (QED) is 0.187. The molecule has 4 nitrogen and oxygen atoms in total. The van der Waals surface area contributed by atoms with E-state index in [1.165, 1.54) is 44.1 Å². The maximum absolute atomic E-state index is 12.4. The van der Waals surface area contributed by atoms with Gasteiger partial charge in [-0.1, -0.05) is 76.8 Å². The summed E-state index contributed by atoms with van der Waals surface area (Å²) in [6.07, 6.45) is 10.4. The number of rotatable bonds is 14. The van der Waals surface area contributed by atoms with Crippen LogP contribution in [-0.4, -0.2) is 18.5 Å². The fourth-order valence-corrected chi connectivity index (χ4v) is 3.87. The summed E-state index contributed by atoms with van der Waals surface area (Å²) in [5, 5.41) is 0. The van der Waals surface area contributed by atoms with Crippen LogP contribution in [-0.2, 0) is 22.4 Å². The number of hydrogen-bond donors (Lipinski definition) is 0. The average Bonchev–Trinajstić information content (AvgIpc) is 2.80. The van der Waals surface area contributed by atoms with Gasteiger partial charge >= 0.3 is 11.9 Å². The number of aryl methyl sites for hydroxylation is 1. The molecule has 0 spiro atoms. The van der Waals surface area contributed by atoms with Crippen LogP contribution in [0.5, 0.6) is 5.75 Å². The molecule has 0 aliphatic carbocycles. The maximum Gasteiger partial charge on any atom is 0.343 e. The van der Waals surface area contributed by atoms with Crippen LogP contribution < -0.4 is 4.74 Å². The Kier molecular flexibility index (Phi) is 11.3. The second-order valence-corrected chi connectivity index (χ2v) is 8.19. The second kappa shape index (κ2) is 14.2. The molecule has 0 fully saturated rings. The van der Waals surface area contributed by atoms with Crippen LogP contribution in [0.15, 0.2) is 61.2 Å². The molecular weight excluding hydrogens is 400 g/mol. The summed E-state index contributed by atoms with van der Waals surface area (Å²) in [5.41, 5.74) is 2.80. The van der Waals surface area contributed by atoms with Crippen molar-refractivity contribution in [2.75, 3.05) is 6.61 Å². The van der Waals surface area contributed by atoms with Gasteiger partial charge in [0.05, 0.1) is 12.2 Å². The van der Waals surface area contributed by atoms with Crippen molar-refractivity contribution in [1.82, 2.24) is 0 Å². The number of hydrogen-bond acceptors (Lipinski definition) is 4. The number of carbonyl (C=O) groups is 2. The molecular formula is C28H36O4. The molecule has 172 valence electrons. The van der Waals surface area contributed by atoms with E-state index in [2.05, 4.69) is 20.4 Å². The van der Waals surface area contributed by atoms with Gasteiger partial charge < -0.3 is 9.47 Å². The van der Waals surface area contributed by atoms with Crippen LogP contribution in [0.2, 0.25) is 0 Å². The zero-order valence-electron chi connectivity index (χ0n) is 19.5. The van der Waals surface area contributed by atoms with Crippen LogP contribution in [0.4, 0.5) is 0 Å². The SMILES string of the molecule is C=CC(=O)OCCc1ccc(OC(=O)c2ccc(CCCC(CCC)CCC)cc2)cc1. The standard InChI is InChI=1S/C28H36O4/c1-4-8-22(9-5-2)10-7-11-23-12-16-25(17-13-23)28(30)32-26-18-14-24(15-19-26)20-21-31-27(29)6-3/h6,12-19,22H,3-5,7-11,20-21H2,1-2H3. The highest BCUT2D eigenvalue weighted by Crippen LogP contribution is 2.21. The van der Waals surface area contributed by atoms with Gasteiger partial charge in [-0.2, -0.15) is 0 Å². The van der Waals surface area contributed by atoms with Gasteiger partial charge in [-0.15, -0.1) is 0 Å². The molecule has 0 aliphatic heterocycles. The van der Waals surface area contributed by atoms with E-state index >= 15 is 0 Å². The topological polar surface area (TPSA) is 52.6 Å². The summed E-state index contributed by atoms with van der Waals surface area (Å²) in [6, 6.07) is 15.0. The fraction of sp³-hybridized carbons (Fsp3) is 0.429. The number of benzene rings is 2. The first-order chi connectivity index (χ1) is 15.5. The van der Waals surface area contributed by atoms with E-state index in [1.54, 1.807) is 12.1 Å². The van der Waals surface area contributed by atoms with Gasteiger partial charge in [0.25, 0.3) is 0 Å². The van der Waals surface area contributed by atoms with Crippen LogP contribution in [0.25, 0.3) is 0 Å². The lowest BCUT2D eigenvalue weighted by Gasteiger charge is -2.14. The van der Waals surface area contributed by atoms with Gasteiger partial charge in [0.2, 0.25) is 0 Å². The van der Waals surface area contributed by atoms with E-state index in [9.17, 15) is 9.59 Å². The normalized spacial score (nSPS) is 10.7.